The highest BCUT2D eigenvalue weighted by molar-refractivity contribution is 5.90. The van der Waals surface area contributed by atoms with E-state index in [1.54, 1.807) is 6.07 Å². The Morgan fingerprint density at radius 2 is 1.78 bits per heavy atom. The van der Waals surface area contributed by atoms with Gasteiger partial charge in [0.1, 0.15) is 0 Å². The number of nitrogens with two attached hydrogens (primary N) is 1. The molecule has 0 radical (unpaired) electrons. The standard InChI is InChI=1S/C18H20N6O3/c19-18(25)21-20-13-14-12-16(24(26)27)6-7-17(14)23-10-8-22(9-11-23)15-4-2-1-3-5-15/h1-7,12-13H,8-11H2,(H3,19,21,25). The number of rotatable bonds is 5. The highest BCUT2D eigenvalue weighted by Crippen LogP contribution is 2.26. The monoisotopic (exact) mass is 368 g/mol. The average Bonchev–Trinajstić information content (AvgIpc) is 2.68. The molecule has 1 saturated heterocycles. The van der Waals surface area contributed by atoms with E-state index >= 15 is 0 Å². The van der Waals surface area contributed by atoms with Gasteiger partial charge in [0.25, 0.3) is 5.69 Å². The van der Waals surface area contributed by atoms with Crippen molar-refractivity contribution in [2.45, 2.75) is 0 Å². The van der Waals surface area contributed by atoms with Crippen LogP contribution in [0.4, 0.5) is 21.9 Å². The number of hydrogen-bond donors (Lipinski definition) is 2. The molecular formula is C18H20N6O3. The first-order chi connectivity index (χ1) is 13.0. The summed E-state index contributed by atoms with van der Waals surface area (Å²) >= 11 is 0. The Morgan fingerprint density at radius 3 is 2.41 bits per heavy atom. The zero-order valence-corrected chi connectivity index (χ0v) is 14.6. The highest BCUT2D eigenvalue weighted by atomic mass is 16.6. The topological polar surface area (TPSA) is 117 Å². The van der Waals surface area contributed by atoms with Crippen molar-refractivity contribution in [3.8, 4) is 0 Å². The van der Waals surface area contributed by atoms with Gasteiger partial charge < -0.3 is 15.5 Å². The van der Waals surface area contributed by atoms with Crippen molar-refractivity contribution < 1.29 is 9.72 Å². The molecule has 0 aromatic heterocycles. The Balaban J connectivity index is 1.78. The van der Waals surface area contributed by atoms with Gasteiger partial charge in [-0.05, 0) is 18.2 Å². The maximum absolute atomic E-state index is 11.1. The van der Waals surface area contributed by atoms with Gasteiger partial charge in [0, 0.05) is 55.2 Å². The molecule has 1 aliphatic heterocycles. The third-order valence-corrected chi connectivity index (χ3v) is 4.34. The number of hydrazone groups is 1. The summed E-state index contributed by atoms with van der Waals surface area (Å²) in [6, 6.07) is 14.0. The molecule has 1 aliphatic rings. The van der Waals surface area contributed by atoms with Gasteiger partial charge in [-0.1, -0.05) is 18.2 Å². The second kappa shape index (κ2) is 8.17. The molecule has 1 heterocycles. The Labute approximate surface area is 156 Å². The van der Waals surface area contributed by atoms with Gasteiger partial charge in [-0.3, -0.25) is 10.1 Å². The Morgan fingerprint density at radius 1 is 1.11 bits per heavy atom. The molecule has 0 bridgehead atoms. The van der Waals surface area contributed by atoms with E-state index in [-0.39, 0.29) is 5.69 Å². The zero-order valence-electron chi connectivity index (χ0n) is 14.6. The van der Waals surface area contributed by atoms with Crippen LogP contribution in [0.25, 0.3) is 0 Å². The Kier molecular flexibility index (Phi) is 5.50. The van der Waals surface area contributed by atoms with E-state index in [0.29, 0.717) is 5.56 Å². The number of para-hydroxylation sites is 1. The minimum atomic E-state index is -0.797. The van der Waals surface area contributed by atoms with Crippen molar-refractivity contribution in [2.24, 2.45) is 10.8 Å². The van der Waals surface area contributed by atoms with Gasteiger partial charge in [-0.2, -0.15) is 5.10 Å². The predicted molar refractivity (Wildman–Crippen MR) is 104 cm³/mol. The highest BCUT2D eigenvalue weighted by Gasteiger charge is 2.20. The molecule has 3 rings (SSSR count). The Bertz CT molecular complexity index is 847. The number of primary amides is 1. The summed E-state index contributed by atoms with van der Waals surface area (Å²) in [7, 11) is 0. The summed E-state index contributed by atoms with van der Waals surface area (Å²) in [5, 5.41) is 14.8. The van der Waals surface area contributed by atoms with Crippen LogP contribution in [0.3, 0.4) is 0 Å². The summed E-state index contributed by atoms with van der Waals surface area (Å²) in [6.07, 6.45) is 1.37. The van der Waals surface area contributed by atoms with E-state index in [4.69, 9.17) is 5.73 Å². The first-order valence-corrected chi connectivity index (χ1v) is 8.46. The number of urea groups is 1. The van der Waals surface area contributed by atoms with E-state index in [9.17, 15) is 14.9 Å². The quantitative estimate of drug-likeness (QED) is 0.475. The molecule has 2 aromatic carbocycles. The number of nitro benzene ring substituents is 1. The van der Waals surface area contributed by atoms with Crippen molar-refractivity contribution in [1.82, 2.24) is 5.43 Å². The summed E-state index contributed by atoms with van der Waals surface area (Å²) in [5.41, 5.74) is 9.62. The van der Waals surface area contributed by atoms with Gasteiger partial charge in [-0.15, -0.1) is 0 Å². The number of benzene rings is 2. The number of piperazine rings is 1. The van der Waals surface area contributed by atoms with Crippen LogP contribution in [0, 0.1) is 10.1 Å². The first-order valence-electron chi connectivity index (χ1n) is 8.46. The lowest BCUT2D eigenvalue weighted by Crippen LogP contribution is -2.46. The van der Waals surface area contributed by atoms with Gasteiger partial charge in [0.2, 0.25) is 0 Å². The number of non-ortho nitro benzene ring substituents is 1. The van der Waals surface area contributed by atoms with Crippen LogP contribution in [-0.4, -0.2) is 43.3 Å². The third kappa shape index (κ3) is 4.51. The second-order valence-electron chi connectivity index (χ2n) is 6.04. The van der Waals surface area contributed by atoms with Crippen LogP contribution < -0.4 is 21.0 Å². The SMILES string of the molecule is NC(=O)NN=Cc1cc([N+](=O)[O-])ccc1N1CCN(c2ccccc2)CC1. The molecule has 0 spiro atoms. The lowest BCUT2D eigenvalue weighted by Gasteiger charge is -2.37. The molecule has 0 atom stereocenters. The van der Waals surface area contributed by atoms with Gasteiger partial charge >= 0.3 is 6.03 Å². The van der Waals surface area contributed by atoms with Crippen LogP contribution in [0.15, 0.2) is 53.6 Å². The van der Waals surface area contributed by atoms with Crippen molar-refractivity contribution in [3.63, 3.8) is 0 Å². The number of nitrogens with zero attached hydrogens (tertiary/aromatic N) is 4. The molecule has 3 N–H and O–H groups in total. The summed E-state index contributed by atoms with van der Waals surface area (Å²) < 4.78 is 0. The largest absolute Gasteiger partial charge is 0.368 e. The second-order valence-corrected chi connectivity index (χ2v) is 6.04. The number of nitro groups is 1. The molecule has 0 saturated carbocycles. The average molecular weight is 368 g/mol. The van der Waals surface area contributed by atoms with E-state index in [0.717, 1.165) is 31.9 Å². The number of anilines is 2. The minimum absolute atomic E-state index is 0.0396. The van der Waals surface area contributed by atoms with Gasteiger partial charge in [-0.25, -0.2) is 10.2 Å². The summed E-state index contributed by atoms with van der Waals surface area (Å²) in [6.45, 7) is 3.18. The molecule has 140 valence electrons. The van der Waals surface area contributed by atoms with Crippen molar-refractivity contribution in [2.75, 3.05) is 36.0 Å². The molecule has 0 aliphatic carbocycles. The van der Waals surface area contributed by atoms with Crippen LogP contribution >= 0.6 is 0 Å². The third-order valence-electron chi connectivity index (χ3n) is 4.34. The predicted octanol–water partition coefficient (Wildman–Crippen LogP) is 1.92. The summed E-state index contributed by atoms with van der Waals surface area (Å²) in [5.74, 6) is 0. The molecule has 2 amide bonds. The van der Waals surface area contributed by atoms with Crippen molar-refractivity contribution in [3.05, 3.63) is 64.2 Å². The molecule has 9 nitrogen and oxygen atoms in total. The van der Waals surface area contributed by atoms with Crippen molar-refractivity contribution >= 4 is 29.3 Å². The first kappa shape index (κ1) is 18.2. The zero-order chi connectivity index (χ0) is 19.2. The fraction of sp³-hybridized carbons (Fsp3) is 0.222. The number of carbonyl (C=O) groups is 1. The fourth-order valence-electron chi connectivity index (χ4n) is 3.06. The summed E-state index contributed by atoms with van der Waals surface area (Å²) in [4.78, 5) is 25.9. The number of amides is 2. The van der Waals surface area contributed by atoms with Gasteiger partial charge in [0.05, 0.1) is 11.1 Å². The van der Waals surface area contributed by atoms with Crippen LogP contribution in [0.1, 0.15) is 5.56 Å². The van der Waals surface area contributed by atoms with Gasteiger partial charge in [0.15, 0.2) is 0 Å². The maximum Gasteiger partial charge on any atom is 0.332 e. The maximum atomic E-state index is 11.1. The van der Waals surface area contributed by atoms with E-state index in [1.165, 1.54) is 24.0 Å². The molecule has 9 heteroatoms. The van der Waals surface area contributed by atoms with Crippen molar-refractivity contribution in [1.29, 1.82) is 0 Å². The normalized spacial score (nSPS) is 14.4. The van der Waals surface area contributed by atoms with E-state index < -0.39 is 11.0 Å². The minimum Gasteiger partial charge on any atom is -0.368 e. The molecular weight excluding hydrogens is 348 g/mol. The number of carbonyl (C=O) groups excluding carboxylic acids is 1. The fourth-order valence-corrected chi connectivity index (χ4v) is 3.06. The molecule has 2 aromatic rings. The lowest BCUT2D eigenvalue weighted by molar-refractivity contribution is -0.384. The van der Waals surface area contributed by atoms with Crippen LogP contribution in [-0.2, 0) is 0 Å². The van der Waals surface area contributed by atoms with E-state index in [1.807, 2.05) is 18.2 Å². The smallest absolute Gasteiger partial charge is 0.332 e. The van der Waals surface area contributed by atoms with E-state index in [2.05, 4.69) is 32.5 Å². The lowest BCUT2D eigenvalue weighted by atomic mass is 10.1. The molecule has 1 fully saturated rings. The number of nitrogens with one attached hydrogen (secondary N) is 1. The van der Waals surface area contributed by atoms with Crippen LogP contribution in [0.5, 0.6) is 0 Å². The molecule has 27 heavy (non-hydrogen) atoms. The molecule has 0 unspecified atom stereocenters. The number of hydrogen-bond acceptors (Lipinski definition) is 6. The Hall–Kier alpha value is -3.62. The van der Waals surface area contributed by atoms with Crippen LogP contribution in [0.2, 0.25) is 0 Å².